The van der Waals surface area contributed by atoms with Crippen LogP contribution in [-0.4, -0.2) is 11.6 Å². The van der Waals surface area contributed by atoms with E-state index in [0.29, 0.717) is 0 Å². The summed E-state index contributed by atoms with van der Waals surface area (Å²) in [6.07, 6.45) is 2.19. The Hall–Kier alpha value is -0.600. The van der Waals surface area contributed by atoms with E-state index < -0.39 is 11.6 Å². The number of carbonyl (C=O) groups is 2. The number of rotatable bonds is 0. The number of hydrogen-bond donors (Lipinski definition) is 0. The van der Waals surface area contributed by atoms with Crippen LogP contribution in [0.15, 0.2) is 22.2 Å². The fourth-order valence-electron chi connectivity index (χ4n) is 0.514. The van der Waals surface area contributed by atoms with Gasteiger partial charge >= 0.3 is 0 Å². The molecule has 0 aromatic rings. The molecule has 0 aromatic heterocycles. The lowest BCUT2D eigenvalue weighted by molar-refractivity contribution is -0.114. The fraction of sp³-hybridized carbons (Fsp3) is 0. The Morgan fingerprint density at radius 3 is 1.50 bits per heavy atom. The van der Waals surface area contributed by atoms with E-state index in [1.54, 1.807) is 0 Å². The summed E-state index contributed by atoms with van der Waals surface area (Å²) in [5, 5.41) is -0.400. The van der Waals surface area contributed by atoms with Crippen LogP contribution < -0.4 is 0 Å². The third-order valence-electron chi connectivity index (χ3n) is 1.01. The van der Waals surface area contributed by atoms with E-state index in [9.17, 15) is 9.59 Å². The molecule has 4 heteroatoms. The lowest BCUT2D eigenvalue weighted by Gasteiger charge is -2.00. The van der Waals surface area contributed by atoms with Gasteiger partial charge in [-0.25, -0.2) is 0 Å². The van der Waals surface area contributed by atoms with Gasteiger partial charge in [-0.2, -0.15) is 0 Å². The normalized spacial score (nSPS) is 18.6. The van der Waals surface area contributed by atoms with Crippen LogP contribution in [0.3, 0.4) is 0 Å². The minimum atomic E-state index is -0.425. The number of ketones is 2. The summed E-state index contributed by atoms with van der Waals surface area (Å²) in [6.45, 7) is 0. The van der Waals surface area contributed by atoms with Crippen molar-refractivity contribution in [1.82, 2.24) is 0 Å². The van der Waals surface area contributed by atoms with Crippen LogP contribution in [0.25, 0.3) is 0 Å². The third-order valence-corrected chi connectivity index (χ3v) is 1.86. The predicted molar refractivity (Wildman–Crippen MR) is 37.9 cm³/mol. The van der Waals surface area contributed by atoms with Gasteiger partial charge in [0.1, 0.15) is 10.1 Å². The van der Waals surface area contributed by atoms with Crippen molar-refractivity contribution in [2.45, 2.75) is 0 Å². The first-order valence-corrected chi connectivity index (χ1v) is 3.20. The smallest absolute Gasteiger partial charge is 0.198 e. The first kappa shape index (κ1) is 7.51. The van der Waals surface area contributed by atoms with Gasteiger partial charge in [0.05, 0.1) is 0 Å². The quantitative estimate of drug-likeness (QED) is 0.523. The van der Waals surface area contributed by atoms with E-state index in [1.807, 2.05) is 0 Å². The van der Waals surface area contributed by atoms with Gasteiger partial charge in [-0.15, -0.1) is 0 Å². The van der Waals surface area contributed by atoms with Crippen LogP contribution in [0.5, 0.6) is 0 Å². The fourth-order valence-corrected chi connectivity index (χ4v) is 0.826. The average Bonchev–Trinajstić information content (AvgIpc) is 1.93. The maximum absolute atomic E-state index is 10.6. The maximum Gasteiger partial charge on any atom is 0.198 e. The van der Waals surface area contributed by atoms with Crippen molar-refractivity contribution in [2.24, 2.45) is 0 Å². The SMILES string of the molecule is O=C1C=CC(=O)C(Cl)=C1Cl. The molecule has 0 bridgehead atoms. The Balaban J connectivity index is 3.12. The Labute approximate surface area is 67.1 Å². The molecule has 2 nitrogen and oxygen atoms in total. The molecule has 0 saturated carbocycles. The van der Waals surface area contributed by atoms with Crippen LogP contribution in [0.4, 0.5) is 0 Å². The summed E-state index contributed by atoms with van der Waals surface area (Å²) in [5.74, 6) is -0.850. The maximum atomic E-state index is 10.6. The zero-order valence-electron chi connectivity index (χ0n) is 4.73. The molecule has 1 rings (SSSR count). The van der Waals surface area contributed by atoms with Crippen molar-refractivity contribution >= 4 is 34.8 Å². The molecule has 1 aliphatic carbocycles. The standard InChI is InChI=1S/C6H2Cl2O2/c7-5-3(9)1-2-4(10)6(5)8/h1-2H. The van der Waals surface area contributed by atoms with Crippen LogP contribution in [-0.2, 0) is 9.59 Å². The topological polar surface area (TPSA) is 34.1 Å². The highest BCUT2D eigenvalue weighted by atomic mass is 35.5. The van der Waals surface area contributed by atoms with Crippen molar-refractivity contribution in [1.29, 1.82) is 0 Å². The summed E-state index contributed by atoms with van der Waals surface area (Å²) < 4.78 is 0. The molecule has 0 unspecified atom stereocenters. The molecule has 0 spiro atoms. The van der Waals surface area contributed by atoms with Gasteiger partial charge in [0.2, 0.25) is 0 Å². The van der Waals surface area contributed by atoms with Crippen molar-refractivity contribution in [3.05, 3.63) is 22.2 Å². The van der Waals surface area contributed by atoms with Gasteiger partial charge in [0.15, 0.2) is 11.6 Å². The first-order valence-electron chi connectivity index (χ1n) is 2.45. The summed E-state index contributed by atoms with van der Waals surface area (Å²) >= 11 is 10.7. The van der Waals surface area contributed by atoms with Gasteiger partial charge in [-0.05, 0) is 12.2 Å². The van der Waals surface area contributed by atoms with Gasteiger partial charge in [-0.1, -0.05) is 23.2 Å². The summed E-state index contributed by atoms with van der Waals surface area (Å²) in [7, 11) is 0. The zero-order chi connectivity index (χ0) is 7.72. The van der Waals surface area contributed by atoms with Crippen LogP contribution >= 0.6 is 23.2 Å². The minimum Gasteiger partial charge on any atom is -0.288 e. The molecule has 0 fully saturated rings. The monoisotopic (exact) mass is 176 g/mol. The molecular formula is C6H2Cl2O2. The van der Waals surface area contributed by atoms with Crippen molar-refractivity contribution in [3.8, 4) is 0 Å². The van der Waals surface area contributed by atoms with Crippen molar-refractivity contribution < 1.29 is 9.59 Å². The molecular weight excluding hydrogens is 175 g/mol. The van der Waals surface area contributed by atoms with E-state index in [-0.39, 0.29) is 10.1 Å². The Morgan fingerprint density at radius 1 is 0.900 bits per heavy atom. The van der Waals surface area contributed by atoms with Gasteiger partial charge in [0.25, 0.3) is 0 Å². The van der Waals surface area contributed by atoms with E-state index >= 15 is 0 Å². The molecule has 1 aliphatic rings. The van der Waals surface area contributed by atoms with Crippen molar-refractivity contribution in [3.63, 3.8) is 0 Å². The largest absolute Gasteiger partial charge is 0.288 e. The van der Waals surface area contributed by atoms with Gasteiger partial charge in [0, 0.05) is 0 Å². The lowest BCUT2D eigenvalue weighted by atomic mass is 10.2. The highest BCUT2D eigenvalue weighted by molar-refractivity contribution is 6.57. The summed E-state index contributed by atoms with van der Waals surface area (Å²) in [4.78, 5) is 21.3. The van der Waals surface area contributed by atoms with Crippen molar-refractivity contribution in [2.75, 3.05) is 0 Å². The number of halogens is 2. The number of carbonyl (C=O) groups excluding carboxylic acids is 2. The molecule has 0 aromatic carbocycles. The molecule has 0 atom stereocenters. The minimum absolute atomic E-state index is 0.200. The number of allylic oxidation sites excluding steroid dienone is 4. The molecule has 0 radical (unpaired) electrons. The molecule has 52 valence electrons. The lowest BCUT2D eigenvalue weighted by Crippen LogP contribution is -2.07. The predicted octanol–water partition coefficient (Wildman–Crippen LogP) is 1.38. The first-order chi connectivity index (χ1) is 4.63. The summed E-state index contributed by atoms with van der Waals surface area (Å²) in [6, 6.07) is 0. The molecule has 0 heterocycles. The van der Waals surface area contributed by atoms with E-state index in [1.165, 1.54) is 0 Å². The Kier molecular flexibility index (Phi) is 1.92. The Bertz CT molecular complexity index is 237. The van der Waals surface area contributed by atoms with E-state index in [0.717, 1.165) is 12.2 Å². The second kappa shape index (κ2) is 2.56. The molecule has 10 heavy (non-hydrogen) atoms. The molecule has 0 aliphatic heterocycles. The second-order valence-electron chi connectivity index (χ2n) is 1.69. The summed E-state index contributed by atoms with van der Waals surface area (Å²) in [5.41, 5.74) is 0. The van der Waals surface area contributed by atoms with Crippen LogP contribution in [0.1, 0.15) is 0 Å². The van der Waals surface area contributed by atoms with Gasteiger partial charge in [-0.3, -0.25) is 9.59 Å². The highest BCUT2D eigenvalue weighted by Gasteiger charge is 2.18. The highest BCUT2D eigenvalue weighted by Crippen LogP contribution is 2.20. The second-order valence-corrected chi connectivity index (χ2v) is 2.45. The van der Waals surface area contributed by atoms with Crippen LogP contribution in [0, 0.1) is 0 Å². The zero-order valence-corrected chi connectivity index (χ0v) is 6.24. The molecule has 0 saturated heterocycles. The van der Waals surface area contributed by atoms with E-state index in [2.05, 4.69) is 0 Å². The molecule has 0 N–H and O–H groups in total. The van der Waals surface area contributed by atoms with Gasteiger partial charge < -0.3 is 0 Å². The number of hydrogen-bond acceptors (Lipinski definition) is 2. The third kappa shape index (κ3) is 1.13. The van der Waals surface area contributed by atoms with Crippen LogP contribution in [0.2, 0.25) is 0 Å². The Morgan fingerprint density at radius 2 is 1.20 bits per heavy atom. The van der Waals surface area contributed by atoms with E-state index in [4.69, 9.17) is 23.2 Å². The molecule has 0 amide bonds. The average molecular weight is 177 g/mol.